The summed E-state index contributed by atoms with van der Waals surface area (Å²) in [6.45, 7) is 4.20. The van der Waals surface area contributed by atoms with Gasteiger partial charge in [-0.2, -0.15) is 0 Å². The summed E-state index contributed by atoms with van der Waals surface area (Å²) < 4.78 is 0. The third kappa shape index (κ3) is 3.09. The zero-order valence-corrected chi connectivity index (χ0v) is 13.3. The fourth-order valence-electron chi connectivity index (χ4n) is 1.93. The Balaban J connectivity index is 2.47. The molecule has 1 atom stereocenters. The fourth-order valence-corrected chi connectivity index (χ4v) is 3.23. The Morgan fingerprint density at radius 2 is 1.56 bits per heavy atom. The van der Waals surface area contributed by atoms with Gasteiger partial charge in [-0.25, -0.2) is 0 Å². The molecule has 0 bridgehead atoms. The third-order valence-electron chi connectivity index (χ3n) is 2.89. The first-order valence-corrected chi connectivity index (χ1v) is 7.32. The van der Waals surface area contributed by atoms with Crippen molar-refractivity contribution in [3.8, 4) is 0 Å². The van der Waals surface area contributed by atoms with Gasteiger partial charge in [0.05, 0.1) is 4.83 Å². The van der Waals surface area contributed by atoms with Gasteiger partial charge >= 0.3 is 0 Å². The molecule has 0 nitrogen and oxygen atoms in total. The van der Waals surface area contributed by atoms with Crippen molar-refractivity contribution in [1.29, 1.82) is 0 Å². The van der Waals surface area contributed by atoms with Gasteiger partial charge in [-0.15, -0.1) is 0 Å². The molecule has 0 aromatic heterocycles. The van der Waals surface area contributed by atoms with Gasteiger partial charge in [0.2, 0.25) is 0 Å². The zero-order chi connectivity index (χ0) is 13.3. The second-order valence-corrected chi connectivity index (χ2v) is 6.21. The van der Waals surface area contributed by atoms with E-state index in [0.717, 1.165) is 5.56 Å². The summed E-state index contributed by atoms with van der Waals surface area (Å²) in [6, 6.07) is 12.1. The number of halogens is 3. The lowest BCUT2D eigenvalue weighted by Crippen LogP contribution is -1.96. The van der Waals surface area contributed by atoms with E-state index in [9.17, 15) is 0 Å². The van der Waals surface area contributed by atoms with Crippen LogP contribution in [0.2, 0.25) is 10.0 Å². The van der Waals surface area contributed by atoms with Gasteiger partial charge in [0.25, 0.3) is 0 Å². The van der Waals surface area contributed by atoms with E-state index in [-0.39, 0.29) is 4.83 Å². The maximum absolute atomic E-state index is 6.05. The molecule has 2 aromatic rings. The molecular formula is C15H13BrCl2. The minimum atomic E-state index is 0.105. The van der Waals surface area contributed by atoms with Crippen LogP contribution in [-0.4, -0.2) is 0 Å². The Morgan fingerprint density at radius 3 is 2.17 bits per heavy atom. The molecule has 3 heteroatoms. The number of rotatable bonds is 2. The number of benzene rings is 2. The van der Waals surface area contributed by atoms with Crippen LogP contribution in [0, 0.1) is 13.8 Å². The highest BCUT2D eigenvalue weighted by Crippen LogP contribution is 2.35. The number of hydrogen-bond donors (Lipinski definition) is 0. The van der Waals surface area contributed by atoms with Gasteiger partial charge in [-0.3, -0.25) is 0 Å². The van der Waals surface area contributed by atoms with Crippen LogP contribution < -0.4 is 0 Å². The van der Waals surface area contributed by atoms with Crippen molar-refractivity contribution >= 4 is 39.1 Å². The Bertz CT molecular complexity index is 558. The Kier molecular flexibility index (Phi) is 4.37. The molecule has 0 radical (unpaired) electrons. The normalized spacial score (nSPS) is 12.5. The van der Waals surface area contributed by atoms with Crippen LogP contribution in [0.3, 0.4) is 0 Å². The van der Waals surface area contributed by atoms with E-state index >= 15 is 0 Å². The predicted octanol–water partition coefficient (Wildman–Crippen LogP) is 6.09. The smallest absolute Gasteiger partial charge is 0.0648 e. The molecule has 2 aromatic carbocycles. The highest BCUT2D eigenvalue weighted by atomic mass is 79.9. The maximum Gasteiger partial charge on any atom is 0.0648 e. The lowest BCUT2D eigenvalue weighted by molar-refractivity contribution is 1.13. The van der Waals surface area contributed by atoms with Crippen LogP contribution in [0.25, 0.3) is 0 Å². The molecule has 1 unspecified atom stereocenters. The van der Waals surface area contributed by atoms with Crippen molar-refractivity contribution in [2.75, 3.05) is 0 Å². The van der Waals surface area contributed by atoms with Gasteiger partial charge < -0.3 is 0 Å². The summed E-state index contributed by atoms with van der Waals surface area (Å²) in [6.07, 6.45) is 0. The van der Waals surface area contributed by atoms with E-state index in [2.05, 4.69) is 48.0 Å². The van der Waals surface area contributed by atoms with Gasteiger partial charge in [0.15, 0.2) is 0 Å². The standard InChI is InChI=1S/C15H13BrCl2/c1-9-3-4-10(2)14(5-9)15(16)11-6-12(17)8-13(18)7-11/h3-8,15H,1-2H3. The number of hydrogen-bond acceptors (Lipinski definition) is 0. The molecular weight excluding hydrogens is 331 g/mol. The van der Waals surface area contributed by atoms with E-state index in [1.54, 1.807) is 6.07 Å². The van der Waals surface area contributed by atoms with Gasteiger partial charge in [-0.1, -0.05) is 62.9 Å². The Labute approximate surface area is 126 Å². The fraction of sp³-hybridized carbons (Fsp3) is 0.200. The summed E-state index contributed by atoms with van der Waals surface area (Å²) in [4.78, 5) is 0.105. The van der Waals surface area contributed by atoms with E-state index in [0.29, 0.717) is 10.0 Å². The summed E-state index contributed by atoms with van der Waals surface area (Å²) in [7, 11) is 0. The van der Waals surface area contributed by atoms with Crippen LogP contribution >= 0.6 is 39.1 Å². The van der Waals surface area contributed by atoms with Crippen molar-refractivity contribution < 1.29 is 0 Å². The second kappa shape index (κ2) is 5.64. The monoisotopic (exact) mass is 342 g/mol. The molecule has 0 heterocycles. The summed E-state index contributed by atoms with van der Waals surface area (Å²) in [5.74, 6) is 0. The molecule has 2 rings (SSSR count). The van der Waals surface area contributed by atoms with Crippen LogP contribution in [-0.2, 0) is 0 Å². The van der Waals surface area contributed by atoms with Crippen molar-refractivity contribution in [2.45, 2.75) is 18.7 Å². The summed E-state index contributed by atoms with van der Waals surface area (Å²) in [5.41, 5.74) is 4.81. The second-order valence-electron chi connectivity index (χ2n) is 4.43. The largest absolute Gasteiger partial charge is 0.0843 e. The lowest BCUT2D eigenvalue weighted by Gasteiger charge is -2.15. The molecule has 0 N–H and O–H groups in total. The first-order valence-electron chi connectivity index (χ1n) is 5.64. The first kappa shape index (κ1) is 13.9. The van der Waals surface area contributed by atoms with Crippen molar-refractivity contribution in [1.82, 2.24) is 0 Å². The average Bonchev–Trinajstić information content (AvgIpc) is 2.30. The Hall–Kier alpha value is -0.500. The SMILES string of the molecule is Cc1ccc(C)c(C(Br)c2cc(Cl)cc(Cl)c2)c1. The first-order chi connectivity index (χ1) is 8.47. The number of aryl methyl sites for hydroxylation is 2. The molecule has 0 saturated heterocycles. The highest BCUT2D eigenvalue weighted by molar-refractivity contribution is 9.09. The third-order valence-corrected chi connectivity index (χ3v) is 4.34. The molecule has 0 aliphatic rings. The summed E-state index contributed by atoms with van der Waals surface area (Å²) >= 11 is 15.8. The molecule has 0 saturated carbocycles. The topological polar surface area (TPSA) is 0 Å². The zero-order valence-electron chi connectivity index (χ0n) is 10.2. The van der Waals surface area contributed by atoms with Crippen LogP contribution in [0.5, 0.6) is 0 Å². The molecule has 0 aliphatic carbocycles. The minimum Gasteiger partial charge on any atom is -0.0843 e. The molecule has 0 spiro atoms. The molecule has 0 amide bonds. The van der Waals surface area contributed by atoms with Crippen molar-refractivity contribution in [3.63, 3.8) is 0 Å². The molecule has 18 heavy (non-hydrogen) atoms. The predicted molar refractivity (Wildman–Crippen MR) is 83.1 cm³/mol. The van der Waals surface area contributed by atoms with Crippen molar-refractivity contribution in [2.24, 2.45) is 0 Å². The van der Waals surface area contributed by atoms with Crippen LogP contribution in [0.4, 0.5) is 0 Å². The summed E-state index contributed by atoms with van der Waals surface area (Å²) in [5, 5.41) is 1.32. The maximum atomic E-state index is 6.05. The van der Waals surface area contributed by atoms with Crippen LogP contribution in [0.1, 0.15) is 27.1 Å². The van der Waals surface area contributed by atoms with Gasteiger partial charge in [0, 0.05) is 10.0 Å². The average molecular weight is 344 g/mol. The minimum absolute atomic E-state index is 0.105. The van der Waals surface area contributed by atoms with Crippen LogP contribution in [0.15, 0.2) is 36.4 Å². The molecule has 0 aliphatic heterocycles. The number of alkyl halides is 1. The highest BCUT2D eigenvalue weighted by Gasteiger charge is 2.14. The molecule has 94 valence electrons. The van der Waals surface area contributed by atoms with E-state index < -0.39 is 0 Å². The van der Waals surface area contributed by atoms with E-state index in [1.807, 2.05) is 12.1 Å². The van der Waals surface area contributed by atoms with E-state index in [4.69, 9.17) is 23.2 Å². The Morgan fingerprint density at radius 1 is 0.944 bits per heavy atom. The quantitative estimate of drug-likeness (QED) is 0.578. The molecule has 0 fully saturated rings. The van der Waals surface area contributed by atoms with E-state index in [1.165, 1.54) is 16.7 Å². The lowest BCUT2D eigenvalue weighted by atomic mass is 9.98. The van der Waals surface area contributed by atoms with Gasteiger partial charge in [0.1, 0.15) is 0 Å². The van der Waals surface area contributed by atoms with Gasteiger partial charge in [-0.05, 0) is 48.7 Å². The van der Waals surface area contributed by atoms with Crippen molar-refractivity contribution in [3.05, 3.63) is 68.7 Å².